The fraction of sp³-hybridized carbons (Fsp3) is 0.333. The number of aliphatic carboxylic acids is 1. The van der Waals surface area contributed by atoms with Crippen LogP contribution in [0.25, 0.3) is 11.0 Å². The molecular weight excluding hydrogens is 316 g/mol. The highest BCUT2D eigenvalue weighted by molar-refractivity contribution is 9.10. The van der Waals surface area contributed by atoms with Gasteiger partial charge >= 0.3 is 11.7 Å². The van der Waals surface area contributed by atoms with E-state index in [0.717, 1.165) is 0 Å². The number of imidazole rings is 1. The summed E-state index contributed by atoms with van der Waals surface area (Å²) < 4.78 is 0.679. The Kier molecular flexibility index (Phi) is 4.06. The molecule has 2 rings (SSSR count). The molecule has 0 bridgehead atoms. The van der Waals surface area contributed by atoms with E-state index in [2.05, 4.69) is 25.9 Å². The predicted molar refractivity (Wildman–Crippen MR) is 73.1 cm³/mol. The van der Waals surface area contributed by atoms with Gasteiger partial charge in [-0.25, -0.2) is 4.79 Å². The number of aromatic amines is 2. The minimum absolute atomic E-state index is 0.0257. The minimum atomic E-state index is -0.878. The van der Waals surface area contributed by atoms with Crippen LogP contribution in [-0.2, 0) is 4.79 Å². The number of carbonyl (C=O) groups is 1. The fourth-order valence-electron chi connectivity index (χ4n) is 1.93. The van der Waals surface area contributed by atoms with Crippen molar-refractivity contribution < 1.29 is 15.0 Å². The van der Waals surface area contributed by atoms with Crippen LogP contribution >= 0.6 is 15.9 Å². The molecule has 7 heteroatoms. The summed E-state index contributed by atoms with van der Waals surface area (Å²) in [7, 11) is 0. The molecule has 0 saturated heterocycles. The number of hydrogen-bond donors (Lipinski definition) is 4. The average molecular weight is 329 g/mol. The predicted octanol–water partition coefficient (Wildman–Crippen LogP) is 1.91. The van der Waals surface area contributed by atoms with Crippen molar-refractivity contribution in [1.82, 2.24) is 9.97 Å². The maximum absolute atomic E-state index is 11.2. The molecule has 1 aromatic carbocycles. The van der Waals surface area contributed by atoms with Gasteiger partial charge in [-0.05, 0) is 30.5 Å². The topological polar surface area (TPSA) is 106 Å². The Balaban J connectivity index is 2.20. The van der Waals surface area contributed by atoms with Gasteiger partial charge in [-0.1, -0.05) is 15.9 Å². The Morgan fingerprint density at radius 2 is 1.95 bits per heavy atom. The molecule has 102 valence electrons. The van der Waals surface area contributed by atoms with Crippen LogP contribution in [0.1, 0.15) is 30.9 Å². The Bertz CT molecular complexity index is 661. The van der Waals surface area contributed by atoms with Crippen LogP contribution in [0.4, 0.5) is 0 Å². The number of benzene rings is 1. The Morgan fingerprint density at radius 1 is 1.32 bits per heavy atom. The number of H-pyrrole nitrogens is 2. The lowest BCUT2D eigenvalue weighted by molar-refractivity contribution is -0.137. The molecule has 1 atom stereocenters. The van der Waals surface area contributed by atoms with E-state index in [9.17, 15) is 14.7 Å². The van der Waals surface area contributed by atoms with Crippen molar-refractivity contribution in [2.24, 2.45) is 0 Å². The van der Waals surface area contributed by atoms with Gasteiger partial charge in [-0.3, -0.25) is 4.79 Å². The van der Waals surface area contributed by atoms with Crippen LogP contribution in [0.3, 0.4) is 0 Å². The molecule has 0 fully saturated rings. The first-order chi connectivity index (χ1) is 8.97. The number of carboxylic acid groups (broad SMARTS) is 1. The van der Waals surface area contributed by atoms with Gasteiger partial charge in [0.25, 0.3) is 0 Å². The second-order valence-electron chi connectivity index (χ2n) is 4.30. The van der Waals surface area contributed by atoms with E-state index in [-0.39, 0.29) is 12.1 Å². The monoisotopic (exact) mass is 328 g/mol. The summed E-state index contributed by atoms with van der Waals surface area (Å²) in [5.41, 5.74) is 1.59. The summed E-state index contributed by atoms with van der Waals surface area (Å²) in [6.07, 6.45) is 0.00433. The first-order valence-corrected chi connectivity index (χ1v) is 6.58. The molecule has 19 heavy (non-hydrogen) atoms. The summed E-state index contributed by atoms with van der Waals surface area (Å²) in [5, 5.41) is 18.6. The lowest BCUT2D eigenvalue weighted by Crippen LogP contribution is -2.01. The van der Waals surface area contributed by atoms with E-state index in [0.29, 0.717) is 33.9 Å². The number of halogens is 1. The van der Waals surface area contributed by atoms with E-state index < -0.39 is 12.1 Å². The lowest BCUT2D eigenvalue weighted by Gasteiger charge is -2.12. The molecule has 6 nitrogen and oxygen atoms in total. The van der Waals surface area contributed by atoms with Gasteiger partial charge in [0.05, 0.1) is 17.1 Å². The third-order valence-corrected chi connectivity index (χ3v) is 3.55. The van der Waals surface area contributed by atoms with Crippen molar-refractivity contribution in [2.45, 2.75) is 25.4 Å². The smallest absolute Gasteiger partial charge is 0.323 e. The molecule has 0 amide bonds. The third-order valence-electron chi connectivity index (χ3n) is 2.86. The number of hydrogen-bond acceptors (Lipinski definition) is 3. The van der Waals surface area contributed by atoms with E-state index in [1.807, 2.05) is 0 Å². The van der Waals surface area contributed by atoms with E-state index in [4.69, 9.17) is 5.11 Å². The van der Waals surface area contributed by atoms with E-state index >= 15 is 0 Å². The maximum atomic E-state index is 11.2. The van der Waals surface area contributed by atoms with Crippen LogP contribution in [0, 0.1) is 0 Å². The number of aliphatic hydroxyl groups is 1. The summed E-state index contributed by atoms with van der Waals surface area (Å²) in [4.78, 5) is 26.8. The number of fused-ring (bicyclic) bond motifs is 1. The van der Waals surface area contributed by atoms with Gasteiger partial charge in [-0.15, -0.1) is 0 Å². The van der Waals surface area contributed by atoms with Gasteiger partial charge in [-0.2, -0.15) is 0 Å². The van der Waals surface area contributed by atoms with Crippen LogP contribution < -0.4 is 5.69 Å². The molecule has 1 unspecified atom stereocenters. The maximum Gasteiger partial charge on any atom is 0.323 e. The quantitative estimate of drug-likeness (QED) is 0.672. The molecule has 0 saturated carbocycles. The second-order valence-corrected chi connectivity index (χ2v) is 5.15. The van der Waals surface area contributed by atoms with Crippen LogP contribution in [0.15, 0.2) is 21.4 Å². The normalized spacial score (nSPS) is 12.7. The van der Waals surface area contributed by atoms with Gasteiger partial charge in [0.2, 0.25) is 0 Å². The first kappa shape index (κ1) is 13.8. The van der Waals surface area contributed by atoms with Crippen molar-refractivity contribution in [1.29, 1.82) is 0 Å². The fourth-order valence-corrected chi connectivity index (χ4v) is 2.54. The SMILES string of the molecule is O=C(O)CCCC(O)c1cc2[nH]c(=O)[nH]c2cc1Br. The van der Waals surface area contributed by atoms with Crippen molar-refractivity contribution in [3.05, 3.63) is 32.7 Å². The lowest BCUT2D eigenvalue weighted by atomic mass is 10.0. The number of aliphatic hydroxyl groups excluding tert-OH is 1. The zero-order valence-electron chi connectivity index (χ0n) is 9.94. The second kappa shape index (κ2) is 5.58. The number of rotatable bonds is 5. The Morgan fingerprint density at radius 3 is 2.58 bits per heavy atom. The molecule has 0 aliphatic rings. The van der Waals surface area contributed by atoms with E-state index in [1.165, 1.54) is 0 Å². The Labute approximate surface area is 116 Å². The van der Waals surface area contributed by atoms with Crippen LogP contribution in [-0.4, -0.2) is 26.2 Å². The highest BCUT2D eigenvalue weighted by Crippen LogP contribution is 2.29. The Hall–Kier alpha value is -1.60. The summed E-state index contributed by atoms with van der Waals surface area (Å²) >= 11 is 3.34. The molecule has 0 aliphatic heterocycles. The van der Waals surface area contributed by atoms with Crippen LogP contribution in [0.2, 0.25) is 0 Å². The zero-order chi connectivity index (χ0) is 14.0. The summed E-state index contributed by atoms with van der Waals surface area (Å²) in [6, 6.07) is 3.39. The number of aromatic nitrogens is 2. The first-order valence-electron chi connectivity index (χ1n) is 5.78. The molecule has 0 aliphatic carbocycles. The third kappa shape index (κ3) is 3.24. The van der Waals surface area contributed by atoms with Crippen molar-refractivity contribution in [2.75, 3.05) is 0 Å². The molecule has 4 N–H and O–H groups in total. The molecular formula is C12H13BrN2O4. The molecule has 2 aromatic rings. The average Bonchev–Trinajstić information content (AvgIpc) is 2.66. The largest absolute Gasteiger partial charge is 0.481 e. The highest BCUT2D eigenvalue weighted by atomic mass is 79.9. The molecule has 0 radical (unpaired) electrons. The van der Waals surface area contributed by atoms with Gasteiger partial charge < -0.3 is 20.2 Å². The highest BCUT2D eigenvalue weighted by Gasteiger charge is 2.14. The number of nitrogens with one attached hydrogen (secondary N) is 2. The molecule has 1 heterocycles. The van der Waals surface area contributed by atoms with E-state index in [1.54, 1.807) is 12.1 Å². The van der Waals surface area contributed by atoms with Crippen molar-refractivity contribution in [3.8, 4) is 0 Å². The van der Waals surface area contributed by atoms with Crippen molar-refractivity contribution in [3.63, 3.8) is 0 Å². The number of carboxylic acids is 1. The summed E-state index contributed by atoms with van der Waals surface area (Å²) in [6.45, 7) is 0. The zero-order valence-corrected chi connectivity index (χ0v) is 11.5. The molecule has 1 aromatic heterocycles. The van der Waals surface area contributed by atoms with Gasteiger partial charge in [0.1, 0.15) is 0 Å². The minimum Gasteiger partial charge on any atom is -0.481 e. The van der Waals surface area contributed by atoms with Gasteiger partial charge in [0, 0.05) is 10.9 Å². The van der Waals surface area contributed by atoms with Gasteiger partial charge in [0.15, 0.2) is 0 Å². The standard InChI is InChI=1S/C12H13BrN2O4/c13-7-5-9-8(14-12(19)15-9)4-6(7)10(16)2-1-3-11(17)18/h4-5,10,16H,1-3H2,(H,17,18)(H2,14,15,19). The molecule has 0 spiro atoms. The van der Waals surface area contributed by atoms with Crippen LogP contribution in [0.5, 0.6) is 0 Å². The van der Waals surface area contributed by atoms with Crippen molar-refractivity contribution >= 4 is 32.9 Å². The summed E-state index contributed by atoms with van der Waals surface area (Å²) in [5.74, 6) is -0.878.